The first-order valence-electron chi connectivity index (χ1n) is 11.3. The SMILES string of the molecule is CC1(C)C(C=CC2=C3Oc4cc(O)ccc4C=C3CCC2)=Nc2ccc3cc(I)ccc3c21. The molecule has 2 aliphatic heterocycles. The van der Waals surface area contributed by atoms with Crippen LogP contribution in [0.3, 0.4) is 0 Å². The molecule has 3 aliphatic rings. The summed E-state index contributed by atoms with van der Waals surface area (Å²) in [6.07, 6.45) is 9.64. The highest BCUT2D eigenvalue weighted by Crippen LogP contribution is 2.45. The first-order valence-corrected chi connectivity index (χ1v) is 12.4. The van der Waals surface area contributed by atoms with Gasteiger partial charge in [0.05, 0.1) is 11.4 Å². The molecule has 0 spiro atoms. The molecule has 2 heterocycles. The molecule has 33 heavy (non-hydrogen) atoms. The summed E-state index contributed by atoms with van der Waals surface area (Å²) in [5.74, 6) is 1.87. The molecule has 0 unspecified atom stereocenters. The molecule has 0 saturated heterocycles. The number of allylic oxidation sites excluding steroid dienone is 4. The van der Waals surface area contributed by atoms with E-state index in [0.29, 0.717) is 5.75 Å². The fourth-order valence-electron chi connectivity index (χ4n) is 5.22. The zero-order valence-electron chi connectivity index (χ0n) is 18.7. The maximum Gasteiger partial charge on any atom is 0.138 e. The van der Waals surface area contributed by atoms with E-state index in [9.17, 15) is 5.11 Å². The topological polar surface area (TPSA) is 41.8 Å². The number of ether oxygens (including phenoxy) is 1. The number of aromatic hydroxyl groups is 1. The molecular weight excluding hydrogens is 521 g/mol. The molecule has 6 rings (SSSR count). The summed E-state index contributed by atoms with van der Waals surface area (Å²) in [5.41, 5.74) is 6.70. The summed E-state index contributed by atoms with van der Waals surface area (Å²) in [6.45, 7) is 4.53. The van der Waals surface area contributed by atoms with Crippen molar-refractivity contribution in [3.63, 3.8) is 0 Å². The van der Waals surface area contributed by atoms with Crippen LogP contribution in [-0.2, 0) is 5.41 Å². The van der Waals surface area contributed by atoms with Crippen molar-refractivity contribution in [3.8, 4) is 11.5 Å². The number of fused-ring (bicyclic) bond motifs is 5. The van der Waals surface area contributed by atoms with Crippen molar-refractivity contribution in [1.29, 1.82) is 0 Å². The van der Waals surface area contributed by atoms with Crippen molar-refractivity contribution in [2.75, 3.05) is 0 Å². The zero-order valence-corrected chi connectivity index (χ0v) is 20.8. The maximum absolute atomic E-state index is 9.88. The Morgan fingerprint density at radius 1 is 1.03 bits per heavy atom. The normalized spacial score (nSPS) is 18.5. The minimum Gasteiger partial charge on any atom is -0.508 e. The standard InChI is InChI=1S/C29H24INO2/c1-29(2)26(31-24-12-7-18-15-21(30)9-11-23(18)27(24)29)13-8-17-4-3-5-20-14-19-6-10-22(32)16-25(19)33-28(17)20/h6-16,32H,3-5H2,1-2H3. The number of phenols is 1. The quantitative estimate of drug-likeness (QED) is 0.332. The highest BCUT2D eigenvalue weighted by atomic mass is 127. The Bertz CT molecular complexity index is 1460. The molecule has 0 bridgehead atoms. The Labute approximate surface area is 207 Å². The number of hydrogen-bond donors (Lipinski definition) is 1. The van der Waals surface area contributed by atoms with Gasteiger partial charge in [0.15, 0.2) is 0 Å². The van der Waals surface area contributed by atoms with Crippen molar-refractivity contribution >= 4 is 50.8 Å². The van der Waals surface area contributed by atoms with Crippen LogP contribution in [0, 0.1) is 3.57 Å². The van der Waals surface area contributed by atoms with Gasteiger partial charge in [-0.2, -0.15) is 0 Å². The summed E-state index contributed by atoms with van der Waals surface area (Å²) in [4.78, 5) is 5.03. The average Bonchev–Trinajstić information content (AvgIpc) is 3.06. The van der Waals surface area contributed by atoms with Crippen molar-refractivity contribution < 1.29 is 9.84 Å². The van der Waals surface area contributed by atoms with E-state index >= 15 is 0 Å². The number of hydrogen-bond acceptors (Lipinski definition) is 3. The van der Waals surface area contributed by atoms with Gasteiger partial charge in [-0.05, 0) is 112 Å². The molecule has 3 aromatic carbocycles. The van der Waals surface area contributed by atoms with Crippen molar-refractivity contribution in [1.82, 2.24) is 0 Å². The van der Waals surface area contributed by atoms with Crippen molar-refractivity contribution in [3.05, 3.63) is 92.3 Å². The summed E-state index contributed by atoms with van der Waals surface area (Å²) in [7, 11) is 0. The Hall–Kier alpha value is -2.86. The van der Waals surface area contributed by atoms with Crippen LogP contribution in [0.15, 0.2) is 82.6 Å². The van der Waals surface area contributed by atoms with E-state index in [1.165, 1.54) is 31.1 Å². The second kappa shape index (κ2) is 7.59. The summed E-state index contributed by atoms with van der Waals surface area (Å²) in [5, 5.41) is 12.4. The highest BCUT2D eigenvalue weighted by molar-refractivity contribution is 14.1. The van der Waals surface area contributed by atoms with Gasteiger partial charge in [0.2, 0.25) is 0 Å². The largest absolute Gasteiger partial charge is 0.508 e. The predicted molar refractivity (Wildman–Crippen MR) is 144 cm³/mol. The van der Waals surface area contributed by atoms with Crippen LogP contribution in [0.4, 0.5) is 5.69 Å². The van der Waals surface area contributed by atoms with Gasteiger partial charge in [-0.3, -0.25) is 4.99 Å². The summed E-state index contributed by atoms with van der Waals surface area (Å²) in [6, 6.07) is 16.3. The van der Waals surface area contributed by atoms with E-state index < -0.39 is 0 Å². The lowest BCUT2D eigenvalue weighted by molar-refractivity contribution is 0.404. The molecule has 0 atom stereocenters. The molecule has 4 heteroatoms. The maximum atomic E-state index is 9.88. The molecular formula is C29H24INO2. The van der Waals surface area contributed by atoms with Crippen LogP contribution in [0.25, 0.3) is 16.8 Å². The molecule has 1 aliphatic carbocycles. The number of benzene rings is 3. The molecule has 164 valence electrons. The molecule has 0 radical (unpaired) electrons. The number of rotatable bonds is 2. The molecule has 0 fully saturated rings. The molecule has 0 aromatic heterocycles. The number of phenolic OH excluding ortho intramolecular Hbond substituents is 1. The van der Waals surface area contributed by atoms with Crippen LogP contribution < -0.4 is 4.74 Å². The molecule has 0 amide bonds. The molecule has 1 N–H and O–H groups in total. The second-order valence-corrected chi connectivity index (χ2v) is 10.7. The third-order valence-electron chi connectivity index (χ3n) is 6.92. The number of nitrogens with zero attached hydrogens (tertiary/aromatic N) is 1. The lowest BCUT2D eigenvalue weighted by Gasteiger charge is -2.27. The van der Waals surface area contributed by atoms with Crippen molar-refractivity contribution in [2.24, 2.45) is 4.99 Å². The third kappa shape index (κ3) is 3.43. The van der Waals surface area contributed by atoms with Gasteiger partial charge < -0.3 is 9.84 Å². The zero-order chi connectivity index (χ0) is 22.7. The Morgan fingerprint density at radius 2 is 1.91 bits per heavy atom. The first kappa shape index (κ1) is 20.7. The Kier molecular flexibility index (Phi) is 4.77. The highest BCUT2D eigenvalue weighted by Gasteiger charge is 2.35. The van der Waals surface area contributed by atoms with Crippen LogP contribution in [0.2, 0.25) is 0 Å². The van der Waals surface area contributed by atoms with Gasteiger partial charge in [-0.15, -0.1) is 0 Å². The minimum atomic E-state index is -0.178. The number of aliphatic imine (C=N–C) groups is 1. The average molecular weight is 545 g/mol. The van der Waals surface area contributed by atoms with Crippen molar-refractivity contribution in [2.45, 2.75) is 38.5 Å². The Balaban J connectivity index is 1.38. The lowest BCUT2D eigenvalue weighted by Crippen LogP contribution is -2.24. The van der Waals surface area contributed by atoms with E-state index in [1.807, 2.05) is 6.07 Å². The smallest absolute Gasteiger partial charge is 0.138 e. The second-order valence-electron chi connectivity index (χ2n) is 9.48. The molecule has 3 nitrogen and oxygen atoms in total. The van der Waals surface area contributed by atoms with Gasteiger partial charge in [-0.25, -0.2) is 0 Å². The fourth-order valence-corrected chi connectivity index (χ4v) is 5.74. The van der Waals surface area contributed by atoms with E-state index in [2.05, 4.69) is 85.0 Å². The minimum absolute atomic E-state index is 0.178. The fraction of sp³-hybridized carbons (Fsp3) is 0.207. The monoisotopic (exact) mass is 545 g/mol. The summed E-state index contributed by atoms with van der Waals surface area (Å²) >= 11 is 2.37. The van der Waals surface area contributed by atoms with Crippen LogP contribution in [-0.4, -0.2) is 10.8 Å². The van der Waals surface area contributed by atoms with Crippen LogP contribution >= 0.6 is 22.6 Å². The van der Waals surface area contributed by atoms with E-state index in [-0.39, 0.29) is 11.2 Å². The van der Waals surface area contributed by atoms with E-state index in [1.54, 1.807) is 12.1 Å². The van der Waals surface area contributed by atoms with E-state index in [0.717, 1.165) is 42.0 Å². The first-order chi connectivity index (χ1) is 15.9. The summed E-state index contributed by atoms with van der Waals surface area (Å²) < 4.78 is 7.53. The van der Waals surface area contributed by atoms with Crippen LogP contribution in [0.5, 0.6) is 11.5 Å². The van der Waals surface area contributed by atoms with Gasteiger partial charge in [-0.1, -0.05) is 32.1 Å². The van der Waals surface area contributed by atoms with Gasteiger partial charge in [0.25, 0.3) is 0 Å². The molecule has 3 aromatic rings. The third-order valence-corrected chi connectivity index (χ3v) is 7.59. The molecule has 0 saturated carbocycles. The number of halogens is 1. The van der Waals surface area contributed by atoms with Gasteiger partial charge in [0.1, 0.15) is 17.3 Å². The van der Waals surface area contributed by atoms with E-state index in [4.69, 9.17) is 9.73 Å². The van der Waals surface area contributed by atoms with Gasteiger partial charge >= 0.3 is 0 Å². The predicted octanol–water partition coefficient (Wildman–Crippen LogP) is 7.98. The van der Waals surface area contributed by atoms with Crippen LogP contribution in [0.1, 0.15) is 44.2 Å². The lowest BCUT2D eigenvalue weighted by atomic mass is 9.78. The Morgan fingerprint density at radius 3 is 2.79 bits per heavy atom. The van der Waals surface area contributed by atoms with Gasteiger partial charge in [0, 0.05) is 20.6 Å².